The number of Topliss-reactive ketones (excluding diaryl/α,β-unsaturated/α-hetero) is 1. The summed E-state index contributed by atoms with van der Waals surface area (Å²) in [5.74, 6) is 0.103. The normalized spacial score (nSPS) is 18.9. The smallest absolute Gasteiger partial charge is 0.410 e. The molecule has 0 saturated carbocycles. The van der Waals surface area contributed by atoms with Crippen molar-refractivity contribution in [1.29, 1.82) is 0 Å². The number of hydrogen-bond acceptors (Lipinski definition) is 5. The van der Waals surface area contributed by atoms with Crippen molar-refractivity contribution in [3.05, 3.63) is 35.9 Å². The van der Waals surface area contributed by atoms with Gasteiger partial charge < -0.3 is 14.4 Å². The summed E-state index contributed by atoms with van der Waals surface area (Å²) >= 11 is 0. The molecule has 7 nitrogen and oxygen atoms in total. The van der Waals surface area contributed by atoms with Crippen LogP contribution >= 0.6 is 0 Å². The van der Waals surface area contributed by atoms with Crippen LogP contribution in [-0.4, -0.2) is 58.5 Å². The molecule has 1 aromatic rings. The van der Waals surface area contributed by atoms with Gasteiger partial charge in [-0.25, -0.2) is 9.59 Å². The zero-order valence-corrected chi connectivity index (χ0v) is 16.1. The van der Waals surface area contributed by atoms with Gasteiger partial charge in [0.2, 0.25) is 0 Å². The average molecular weight is 374 g/mol. The Hall–Kier alpha value is -2.57. The van der Waals surface area contributed by atoms with E-state index in [1.54, 1.807) is 25.7 Å². The first-order valence-corrected chi connectivity index (χ1v) is 9.16. The number of amides is 2. The zero-order chi connectivity index (χ0) is 19.7. The van der Waals surface area contributed by atoms with Gasteiger partial charge in [-0.15, -0.1) is 0 Å². The van der Waals surface area contributed by atoms with E-state index in [2.05, 4.69) is 0 Å². The van der Waals surface area contributed by atoms with Gasteiger partial charge in [0, 0.05) is 32.5 Å². The fourth-order valence-electron chi connectivity index (χ4n) is 3.51. The third-order valence-electron chi connectivity index (χ3n) is 4.76. The van der Waals surface area contributed by atoms with Crippen LogP contribution in [0.5, 0.6) is 0 Å². The number of hydrogen-bond donors (Lipinski definition) is 0. The highest BCUT2D eigenvalue weighted by Crippen LogP contribution is 2.36. The first kappa shape index (κ1) is 19.2. The van der Waals surface area contributed by atoms with Crippen LogP contribution in [0.3, 0.4) is 0 Å². The standard InChI is InChI=1S/C20H26N2O5/c1-19(2,3)27-17(24)21-13-20(14-21)11-16(23)9-10-22(20)18(25)26-12-15-7-5-4-6-8-15/h4-8H,9-14H2,1-3H3. The van der Waals surface area contributed by atoms with E-state index in [0.717, 1.165) is 5.56 Å². The lowest BCUT2D eigenvalue weighted by Crippen LogP contribution is -2.74. The molecule has 0 atom stereocenters. The number of piperidine rings is 1. The summed E-state index contributed by atoms with van der Waals surface area (Å²) in [4.78, 5) is 40.0. The lowest BCUT2D eigenvalue weighted by Gasteiger charge is -2.56. The van der Waals surface area contributed by atoms with Crippen molar-refractivity contribution >= 4 is 18.0 Å². The van der Waals surface area contributed by atoms with Gasteiger partial charge in [-0.1, -0.05) is 30.3 Å². The van der Waals surface area contributed by atoms with Crippen molar-refractivity contribution in [2.75, 3.05) is 19.6 Å². The Morgan fingerprint density at radius 1 is 1.11 bits per heavy atom. The molecular formula is C20H26N2O5. The topological polar surface area (TPSA) is 76.2 Å². The van der Waals surface area contributed by atoms with Crippen molar-refractivity contribution in [2.24, 2.45) is 0 Å². The Bertz CT molecular complexity index is 720. The van der Waals surface area contributed by atoms with Crippen LogP contribution in [0.15, 0.2) is 30.3 Å². The average Bonchev–Trinajstić information content (AvgIpc) is 2.56. The van der Waals surface area contributed by atoms with Crippen LogP contribution in [0, 0.1) is 0 Å². The summed E-state index contributed by atoms with van der Waals surface area (Å²) in [6.45, 7) is 6.47. The van der Waals surface area contributed by atoms with E-state index >= 15 is 0 Å². The number of nitrogens with zero attached hydrogens (tertiary/aromatic N) is 2. The molecule has 2 heterocycles. The Morgan fingerprint density at radius 3 is 2.41 bits per heavy atom. The summed E-state index contributed by atoms with van der Waals surface area (Å²) in [6, 6.07) is 9.44. The Labute approximate surface area is 159 Å². The molecule has 27 heavy (non-hydrogen) atoms. The predicted molar refractivity (Wildman–Crippen MR) is 98.1 cm³/mol. The van der Waals surface area contributed by atoms with Gasteiger partial charge in [0.1, 0.15) is 18.0 Å². The highest BCUT2D eigenvalue weighted by molar-refractivity contribution is 5.84. The molecule has 146 valence electrons. The Kier molecular flexibility index (Phi) is 5.13. The molecule has 0 aromatic heterocycles. The van der Waals surface area contributed by atoms with Gasteiger partial charge in [0.15, 0.2) is 0 Å². The van der Waals surface area contributed by atoms with E-state index in [9.17, 15) is 14.4 Å². The molecule has 0 radical (unpaired) electrons. The number of likely N-dealkylation sites (tertiary alicyclic amines) is 2. The molecule has 0 aliphatic carbocycles. The maximum Gasteiger partial charge on any atom is 0.410 e. The van der Waals surface area contributed by atoms with Gasteiger partial charge in [0.05, 0.1) is 5.54 Å². The van der Waals surface area contributed by atoms with E-state index < -0.39 is 23.3 Å². The number of ketones is 1. The summed E-state index contributed by atoms with van der Waals surface area (Å²) in [5.41, 5.74) is -0.367. The van der Waals surface area contributed by atoms with Crippen LogP contribution in [0.1, 0.15) is 39.2 Å². The van der Waals surface area contributed by atoms with Crippen LogP contribution in [0.25, 0.3) is 0 Å². The minimum Gasteiger partial charge on any atom is -0.445 e. The number of benzene rings is 1. The van der Waals surface area contributed by atoms with Crippen LogP contribution in [-0.2, 0) is 20.9 Å². The summed E-state index contributed by atoms with van der Waals surface area (Å²) in [5, 5.41) is 0. The maximum atomic E-state index is 12.6. The third-order valence-corrected chi connectivity index (χ3v) is 4.76. The van der Waals surface area contributed by atoms with Gasteiger partial charge in [-0.05, 0) is 26.3 Å². The molecule has 2 saturated heterocycles. The largest absolute Gasteiger partial charge is 0.445 e. The molecule has 2 amide bonds. The van der Waals surface area contributed by atoms with Crippen LogP contribution in [0.2, 0.25) is 0 Å². The summed E-state index contributed by atoms with van der Waals surface area (Å²) in [7, 11) is 0. The Morgan fingerprint density at radius 2 is 1.78 bits per heavy atom. The van der Waals surface area contributed by atoms with E-state index in [1.807, 2.05) is 30.3 Å². The second-order valence-corrected chi connectivity index (χ2v) is 8.22. The van der Waals surface area contributed by atoms with Gasteiger partial charge in [0.25, 0.3) is 0 Å². The highest BCUT2D eigenvalue weighted by Gasteiger charge is 2.55. The van der Waals surface area contributed by atoms with E-state index in [-0.39, 0.29) is 31.9 Å². The van der Waals surface area contributed by atoms with Crippen LogP contribution < -0.4 is 0 Å². The van der Waals surface area contributed by atoms with Gasteiger partial charge in [-0.3, -0.25) is 9.69 Å². The Balaban J connectivity index is 1.63. The quantitative estimate of drug-likeness (QED) is 0.795. The second kappa shape index (κ2) is 7.21. The molecular weight excluding hydrogens is 348 g/mol. The van der Waals surface area contributed by atoms with E-state index in [0.29, 0.717) is 13.0 Å². The van der Waals surface area contributed by atoms with Crippen molar-refractivity contribution in [1.82, 2.24) is 9.80 Å². The molecule has 2 aliphatic rings. The molecule has 0 bridgehead atoms. The maximum absolute atomic E-state index is 12.6. The van der Waals surface area contributed by atoms with E-state index in [1.165, 1.54) is 4.90 Å². The second-order valence-electron chi connectivity index (χ2n) is 8.22. The summed E-state index contributed by atoms with van der Waals surface area (Å²) < 4.78 is 10.8. The highest BCUT2D eigenvalue weighted by atomic mass is 16.6. The molecule has 7 heteroatoms. The van der Waals surface area contributed by atoms with Gasteiger partial charge >= 0.3 is 12.2 Å². The molecule has 3 rings (SSSR count). The lowest BCUT2D eigenvalue weighted by atomic mass is 9.79. The minimum absolute atomic E-state index is 0.103. The first-order valence-electron chi connectivity index (χ1n) is 9.16. The summed E-state index contributed by atoms with van der Waals surface area (Å²) in [6.07, 6.45) is -0.319. The zero-order valence-electron chi connectivity index (χ0n) is 16.1. The lowest BCUT2D eigenvalue weighted by molar-refractivity contribution is -0.133. The van der Waals surface area contributed by atoms with Crippen molar-refractivity contribution in [3.63, 3.8) is 0 Å². The van der Waals surface area contributed by atoms with Crippen molar-refractivity contribution < 1.29 is 23.9 Å². The molecule has 1 spiro atoms. The molecule has 2 fully saturated rings. The minimum atomic E-state index is -0.681. The predicted octanol–water partition coefficient (Wildman–Crippen LogP) is 2.98. The molecule has 1 aromatic carbocycles. The van der Waals surface area contributed by atoms with Crippen molar-refractivity contribution in [3.8, 4) is 0 Å². The third kappa shape index (κ3) is 4.40. The molecule has 0 unspecified atom stereocenters. The fourth-order valence-corrected chi connectivity index (χ4v) is 3.51. The van der Waals surface area contributed by atoms with Gasteiger partial charge in [-0.2, -0.15) is 0 Å². The molecule has 0 N–H and O–H groups in total. The number of rotatable bonds is 2. The first-order chi connectivity index (χ1) is 12.7. The number of carbonyl (C=O) groups excluding carboxylic acids is 3. The van der Waals surface area contributed by atoms with Crippen LogP contribution in [0.4, 0.5) is 9.59 Å². The SMILES string of the molecule is CC(C)(C)OC(=O)N1CC2(CC(=O)CCN2C(=O)OCc2ccccc2)C1. The monoisotopic (exact) mass is 374 g/mol. The fraction of sp³-hybridized carbons (Fsp3) is 0.550. The van der Waals surface area contributed by atoms with E-state index in [4.69, 9.17) is 9.47 Å². The number of carbonyl (C=O) groups is 3. The molecule has 2 aliphatic heterocycles. The number of ether oxygens (including phenoxy) is 2. The van der Waals surface area contributed by atoms with Crippen molar-refractivity contribution in [2.45, 2.75) is 51.4 Å².